The van der Waals surface area contributed by atoms with Gasteiger partial charge in [0.25, 0.3) is 0 Å². The molecule has 1 fully saturated rings. The molecule has 1 aliphatic rings. The van der Waals surface area contributed by atoms with E-state index in [1.54, 1.807) is 12.1 Å². The van der Waals surface area contributed by atoms with Crippen molar-refractivity contribution in [1.82, 2.24) is 4.90 Å². The summed E-state index contributed by atoms with van der Waals surface area (Å²) < 4.78 is 18.3. The summed E-state index contributed by atoms with van der Waals surface area (Å²) in [6.07, 6.45) is 0.786. The number of aromatic hydroxyl groups is 1. The summed E-state index contributed by atoms with van der Waals surface area (Å²) in [6.45, 7) is 1.09. The number of nitrogens with zero attached hydrogens (tertiary/aromatic N) is 2. The maximum Gasteiger partial charge on any atom is 0.319 e. The number of hydrogen-bond acceptors (Lipinski definition) is 6. The molecule has 1 unspecified atom stereocenters. The van der Waals surface area contributed by atoms with Crippen LogP contribution in [0.4, 0.5) is 10.1 Å². The van der Waals surface area contributed by atoms with Crippen molar-refractivity contribution >= 4 is 5.69 Å². The fraction of sp³-hybridized carbons (Fsp3) is 0.368. The summed E-state index contributed by atoms with van der Waals surface area (Å²) in [5.41, 5.74) is -0.205. The molecular weight excluding hydrogens is 355 g/mol. The first-order valence-electron chi connectivity index (χ1n) is 8.54. The van der Waals surface area contributed by atoms with Gasteiger partial charge in [-0.2, -0.15) is 0 Å². The summed E-state index contributed by atoms with van der Waals surface area (Å²) >= 11 is 0. The summed E-state index contributed by atoms with van der Waals surface area (Å²) in [5, 5.41) is 32.1. The van der Waals surface area contributed by atoms with Gasteiger partial charge in [0.05, 0.1) is 17.6 Å². The third-order valence-electron chi connectivity index (χ3n) is 4.81. The van der Waals surface area contributed by atoms with Crippen molar-refractivity contribution in [2.24, 2.45) is 0 Å². The minimum Gasteiger partial charge on any atom is -0.504 e. The molecule has 2 aromatic carbocycles. The second-order valence-corrected chi connectivity index (χ2v) is 6.87. The van der Waals surface area contributed by atoms with Crippen LogP contribution in [0, 0.1) is 15.9 Å². The monoisotopic (exact) mass is 376 g/mol. The number of aliphatic hydroxyl groups is 1. The van der Waals surface area contributed by atoms with Crippen molar-refractivity contribution in [2.45, 2.75) is 25.0 Å². The molecule has 0 spiro atoms. The summed E-state index contributed by atoms with van der Waals surface area (Å²) in [4.78, 5) is 12.8. The minimum atomic E-state index is -1.02. The second-order valence-electron chi connectivity index (χ2n) is 6.87. The van der Waals surface area contributed by atoms with Gasteiger partial charge in [-0.25, -0.2) is 4.39 Å². The van der Waals surface area contributed by atoms with E-state index in [1.807, 2.05) is 4.90 Å². The first-order chi connectivity index (χ1) is 12.8. The van der Waals surface area contributed by atoms with Crippen LogP contribution in [-0.2, 0) is 13.0 Å². The first kappa shape index (κ1) is 19.1. The van der Waals surface area contributed by atoms with Crippen LogP contribution in [0.25, 0.3) is 0 Å². The van der Waals surface area contributed by atoms with Crippen molar-refractivity contribution in [1.29, 1.82) is 0 Å². The van der Waals surface area contributed by atoms with E-state index < -0.39 is 10.5 Å². The molecule has 0 aromatic heterocycles. The zero-order valence-corrected chi connectivity index (χ0v) is 14.9. The van der Waals surface area contributed by atoms with E-state index >= 15 is 0 Å². The molecule has 3 rings (SSSR count). The third kappa shape index (κ3) is 4.17. The van der Waals surface area contributed by atoms with Crippen LogP contribution >= 0.6 is 0 Å². The van der Waals surface area contributed by atoms with Crippen LogP contribution < -0.4 is 4.74 Å². The number of rotatable bonds is 6. The maximum absolute atomic E-state index is 13.4. The van der Waals surface area contributed by atoms with E-state index in [-0.39, 0.29) is 29.5 Å². The van der Waals surface area contributed by atoms with E-state index in [4.69, 9.17) is 4.74 Å². The molecule has 0 saturated carbocycles. The Balaban J connectivity index is 1.76. The van der Waals surface area contributed by atoms with Gasteiger partial charge < -0.3 is 14.9 Å². The van der Waals surface area contributed by atoms with Crippen molar-refractivity contribution in [3.63, 3.8) is 0 Å². The molecule has 144 valence electrons. The number of nitro benzene ring substituents is 1. The van der Waals surface area contributed by atoms with Gasteiger partial charge in [-0.1, -0.05) is 12.1 Å². The van der Waals surface area contributed by atoms with Gasteiger partial charge >= 0.3 is 5.69 Å². The molecule has 2 N–H and O–H groups in total. The van der Waals surface area contributed by atoms with Crippen molar-refractivity contribution in [2.75, 3.05) is 20.2 Å². The Morgan fingerprint density at radius 2 is 2.15 bits per heavy atom. The number of phenolic OH excluding ortho intramolecular Hbond substituents is 1. The third-order valence-corrected chi connectivity index (χ3v) is 4.81. The average Bonchev–Trinajstić information content (AvgIpc) is 2.96. The molecule has 8 heteroatoms. The van der Waals surface area contributed by atoms with Crippen LogP contribution in [0.5, 0.6) is 11.5 Å². The number of β-amino-alcohol motifs (C(OH)–C–C–N with tert-alkyl or cyclic N) is 1. The lowest BCUT2D eigenvalue weighted by Gasteiger charge is -2.24. The summed E-state index contributed by atoms with van der Waals surface area (Å²) in [5.74, 6) is -0.818. The van der Waals surface area contributed by atoms with E-state index in [1.165, 1.54) is 31.4 Å². The molecule has 1 saturated heterocycles. The quantitative estimate of drug-likeness (QED) is 0.594. The van der Waals surface area contributed by atoms with Gasteiger partial charge in [0.2, 0.25) is 5.75 Å². The van der Waals surface area contributed by atoms with Crippen LogP contribution in [0.2, 0.25) is 0 Å². The smallest absolute Gasteiger partial charge is 0.319 e. The van der Waals surface area contributed by atoms with Gasteiger partial charge in [-0.15, -0.1) is 0 Å². The normalized spacial score (nSPS) is 20.0. The van der Waals surface area contributed by atoms with E-state index in [9.17, 15) is 24.7 Å². The Hall–Kier alpha value is -2.71. The van der Waals surface area contributed by atoms with Gasteiger partial charge in [-0.05, 0) is 36.2 Å². The van der Waals surface area contributed by atoms with Gasteiger partial charge in [0.1, 0.15) is 5.82 Å². The van der Waals surface area contributed by atoms with E-state index in [0.29, 0.717) is 37.1 Å². The number of likely N-dealkylation sites (tertiary alicyclic amines) is 1. The highest BCUT2D eigenvalue weighted by atomic mass is 19.1. The Bertz CT molecular complexity index is 860. The number of halogens is 1. The molecule has 1 heterocycles. The highest BCUT2D eigenvalue weighted by Gasteiger charge is 2.37. The SMILES string of the molecule is COc1c(O)ccc(CN2CCC(O)(Cc3cccc(F)c3)C2)c1[N+](=O)[O-]. The molecular formula is C19H21FN2O5. The molecule has 1 aliphatic heterocycles. The molecule has 0 bridgehead atoms. The number of methoxy groups -OCH3 is 1. The van der Waals surface area contributed by atoms with Crippen molar-refractivity contribution < 1.29 is 24.3 Å². The fourth-order valence-corrected chi connectivity index (χ4v) is 3.62. The van der Waals surface area contributed by atoms with Crippen LogP contribution in [0.1, 0.15) is 17.5 Å². The number of nitro groups is 1. The first-order valence-corrected chi connectivity index (χ1v) is 8.54. The average molecular weight is 376 g/mol. The van der Waals surface area contributed by atoms with Crippen LogP contribution in [-0.4, -0.2) is 45.8 Å². The molecule has 2 aromatic rings. The summed E-state index contributed by atoms with van der Waals surface area (Å²) in [7, 11) is 1.26. The number of hydrogen-bond donors (Lipinski definition) is 2. The Labute approximate surface area is 155 Å². The fourth-order valence-electron chi connectivity index (χ4n) is 3.62. The lowest BCUT2D eigenvalue weighted by Crippen LogP contribution is -2.35. The lowest BCUT2D eigenvalue weighted by molar-refractivity contribution is -0.386. The maximum atomic E-state index is 13.4. The highest BCUT2D eigenvalue weighted by Crippen LogP contribution is 2.40. The zero-order chi connectivity index (χ0) is 19.6. The molecule has 27 heavy (non-hydrogen) atoms. The predicted octanol–water partition coefficient (Wildman–Crippen LogP) is 2.63. The van der Waals surface area contributed by atoms with Gasteiger partial charge in [0, 0.05) is 31.6 Å². The van der Waals surface area contributed by atoms with Crippen molar-refractivity contribution in [3.8, 4) is 11.5 Å². The standard InChI is InChI=1S/C19H21FN2O5/c1-27-18-16(23)6-5-14(17(18)22(25)26)11-21-8-7-19(24,12-21)10-13-3-2-4-15(20)9-13/h2-6,9,23-24H,7-8,10-12H2,1H3. The lowest BCUT2D eigenvalue weighted by atomic mass is 9.94. The predicted molar refractivity (Wildman–Crippen MR) is 96.3 cm³/mol. The van der Waals surface area contributed by atoms with E-state index in [2.05, 4.69) is 0 Å². The number of ether oxygens (including phenoxy) is 1. The van der Waals surface area contributed by atoms with Gasteiger partial charge in [0.15, 0.2) is 5.75 Å². The van der Waals surface area contributed by atoms with Gasteiger partial charge in [-0.3, -0.25) is 15.0 Å². The van der Waals surface area contributed by atoms with E-state index in [0.717, 1.165) is 0 Å². The highest BCUT2D eigenvalue weighted by molar-refractivity contribution is 5.60. The minimum absolute atomic E-state index is 0.174. The molecule has 0 amide bonds. The summed E-state index contributed by atoms with van der Waals surface area (Å²) in [6, 6.07) is 8.96. The number of phenols is 1. The molecule has 0 radical (unpaired) electrons. The topological polar surface area (TPSA) is 96.1 Å². The second kappa shape index (κ2) is 7.50. The number of benzene rings is 2. The van der Waals surface area contributed by atoms with Crippen molar-refractivity contribution in [3.05, 3.63) is 63.5 Å². The Morgan fingerprint density at radius 3 is 2.81 bits per heavy atom. The molecule has 7 nitrogen and oxygen atoms in total. The zero-order valence-electron chi connectivity index (χ0n) is 14.9. The molecule has 0 aliphatic carbocycles. The molecule has 1 atom stereocenters. The van der Waals surface area contributed by atoms with Crippen LogP contribution in [0.3, 0.4) is 0 Å². The Kier molecular flexibility index (Phi) is 5.29. The van der Waals surface area contributed by atoms with Crippen LogP contribution in [0.15, 0.2) is 36.4 Å². The Morgan fingerprint density at radius 1 is 1.37 bits per heavy atom. The largest absolute Gasteiger partial charge is 0.504 e.